The van der Waals surface area contributed by atoms with Crippen molar-refractivity contribution in [3.05, 3.63) is 29.6 Å². The van der Waals surface area contributed by atoms with E-state index in [0.717, 1.165) is 24.9 Å². The van der Waals surface area contributed by atoms with Crippen LogP contribution >= 0.6 is 0 Å². The van der Waals surface area contributed by atoms with Gasteiger partial charge >= 0.3 is 0 Å². The third-order valence-corrected chi connectivity index (χ3v) is 3.43. The van der Waals surface area contributed by atoms with Crippen molar-refractivity contribution < 1.29 is 4.79 Å². The molecule has 92 valence electrons. The first-order valence-electron chi connectivity index (χ1n) is 6.01. The van der Waals surface area contributed by atoms with Crippen molar-refractivity contribution >= 4 is 5.91 Å². The molecule has 1 amide bonds. The Morgan fingerprint density at radius 3 is 2.76 bits per heavy atom. The second-order valence-electron chi connectivity index (χ2n) is 5.13. The van der Waals surface area contributed by atoms with E-state index >= 15 is 0 Å². The van der Waals surface area contributed by atoms with Gasteiger partial charge in [-0.15, -0.1) is 0 Å². The number of rotatable bonds is 2. The summed E-state index contributed by atoms with van der Waals surface area (Å²) >= 11 is 0. The van der Waals surface area contributed by atoms with Crippen molar-refractivity contribution in [1.82, 2.24) is 9.88 Å². The van der Waals surface area contributed by atoms with Crippen molar-refractivity contribution in [1.29, 1.82) is 0 Å². The molecule has 1 aliphatic heterocycles. The van der Waals surface area contributed by atoms with Gasteiger partial charge in [-0.25, -0.2) is 0 Å². The van der Waals surface area contributed by atoms with E-state index in [1.165, 1.54) is 0 Å². The first-order chi connectivity index (χ1) is 8.04. The van der Waals surface area contributed by atoms with Crippen LogP contribution in [0.3, 0.4) is 0 Å². The molecule has 2 heterocycles. The normalized spacial score (nSPS) is 18.4. The Morgan fingerprint density at radius 2 is 2.29 bits per heavy atom. The average molecular weight is 233 g/mol. The van der Waals surface area contributed by atoms with Crippen LogP contribution in [0, 0.1) is 0 Å². The Kier molecular flexibility index (Phi) is 3.15. The smallest absolute Gasteiger partial charge is 0.272 e. The summed E-state index contributed by atoms with van der Waals surface area (Å²) in [4.78, 5) is 18.4. The molecule has 1 fully saturated rings. The van der Waals surface area contributed by atoms with Gasteiger partial charge in [-0.1, -0.05) is 6.07 Å². The largest absolute Gasteiger partial charge is 0.332 e. The van der Waals surface area contributed by atoms with E-state index in [1.54, 1.807) is 12.3 Å². The fraction of sp³-hybridized carbons (Fsp3) is 0.538. The van der Waals surface area contributed by atoms with Crippen molar-refractivity contribution in [2.45, 2.75) is 38.8 Å². The molecule has 4 heteroatoms. The fourth-order valence-electron chi connectivity index (χ4n) is 2.29. The molecule has 1 aromatic heterocycles. The lowest BCUT2D eigenvalue weighted by atomic mass is 10.0. The van der Waals surface area contributed by atoms with Gasteiger partial charge in [0.15, 0.2) is 0 Å². The highest BCUT2D eigenvalue weighted by Crippen LogP contribution is 2.29. The topological polar surface area (TPSA) is 59.2 Å². The third-order valence-electron chi connectivity index (χ3n) is 3.43. The number of hydrogen-bond acceptors (Lipinski definition) is 3. The maximum absolute atomic E-state index is 12.3. The van der Waals surface area contributed by atoms with Gasteiger partial charge in [0.05, 0.1) is 0 Å². The molecule has 1 aromatic rings. The molecule has 0 aliphatic carbocycles. The highest BCUT2D eigenvalue weighted by Gasteiger charge is 2.36. The zero-order valence-electron chi connectivity index (χ0n) is 10.4. The fourth-order valence-corrected chi connectivity index (χ4v) is 2.29. The molecule has 0 saturated carbocycles. The van der Waals surface area contributed by atoms with Crippen LogP contribution in [0.15, 0.2) is 18.3 Å². The van der Waals surface area contributed by atoms with Crippen molar-refractivity contribution in [3.8, 4) is 0 Å². The lowest BCUT2D eigenvalue weighted by Crippen LogP contribution is -2.42. The molecule has 1 aliphatic rings. The first-order valence-corrected chi connectivity index (χ1v) is 6.01. The summed E-state index contributed by atoms with van der Waals surface area (Å²) in [6.07, 6.45) is 3.80. The highest BCUT2D eigenvalue weighted by atomic mass is 16.2. The van der Waals surface area contributed by atoms with Gasteiger partial charge in [-0.3, -0.25) is 9.78 Å². The van der Waals surface area contributed by atoms with Crippen LogP contribution < -0.4 is 5.73 Å². The number of likely N-dealkylation sites (tertiary alicyclic amines) is 1. The van der Waals surface area contributed by atoms with Crippen LogP contribution in [-0.2, 0) is 6.54 Å². The van der Waals surface area contributed by atoms with E-state index in [9.17, 15) is 4.79 Å². The first kappa shape index (κ1) is 12.0. The highest BCUT2D eigenvalue weighted by molar-refractivity contribution is 5.93. The van der Waals surface area contributed by atoms with Crippen molar-refractivity contribution in [2.75, 3.05) is 6.54 Å². The summed E-state index contributed by atoms with van der Waals surface area (Å²) in [7, 11) is 0. The van der Waals surface area contributed by atoms with Crippen molar-refractivity contribution in [2.24, 2.45) is 5.73 Å². The molecular weight excluding hydrogens is 214 g/mol. The van der Waals surface area contributed by atoms with E-state index < -0.39 is 0 Å². The van der Waals surface area contributed by atoms with E-state index in [0.29, 0.717) is 12.2 Å². The Hall–Kier alpha value is -1.42. The van der Waals surface area contributed by atoms with Crippen LogP contribution in [0.1, 0.15) is 42.7 Å². The molecule has 1 saturated heterocycles. The summed E-state index contributed by atoms with van der Waals surface area (Å²) in [6.45, 7) is 5.49. The predicted molar refractivity (Wildman–Crippen MR) is 66.5 cm³/mol. The number of carbonyl (C=O) groups is 1. The second-order valence-corrected chi connectivity index (χ2v) is 5.13. The van der Waals surface area contributed by atoms with Crippen LogP contribution in [0.5, 0.6) is 0 Å². The third kappa shape index (κ3) is 2.31. The van der Waals surface area contributed by atoms with Gasteiger partial charge in [0.25, 0.3) is 5.91 Å². The minimum Gasteiger partial charge on any atom is -0.332 e. The predicted octanol–water partition coefficient (Wildman–Crippen LogP) is 1.55. The Morgan fingerprint density at radius 1 is 1.53 bits per heavy atom. The van der Waals surface area contributed by atoms with Crippen LogP contribution in [0.4, 0.5) is 0 Å². The number of aromatic nitrogens is 1. The Labute approximate surface area is 102 Å². The molecule has 0 aromatic carbocycles. The molecule has 2 N–H and O–H groups in total. The summed E-state index contributed by atoms with van der Waals surface area (Å²) in [5.41, 5.74) is 6.91. The molecule has 0 radical (unpaired) electrons. The number of amides is 1. The lowest BCUT2D eigenvalue weighted by Gasteiger charge is -2.31. The number of hydrogen-bond donors (Lipinski definition) is 1. The number of nitrogens with zero attached hydrogens (tertiary/aromatic N) is 2. The zero-order valence-corrected chi connectivity index (χ0v) is 10.4. The molecule has 2 rings (SSSR count). The van der Waals surface area contributed by atoms with E-state index in [-0.39, 0.29) is 11.4 Å². The summed E-state index contributed by atoms with van der Waals surface area (Å²) in [6, 6.07) is 3.63. The molecule has 17 heavy (non-hydrogen) atoms. The van der Waals surface area contributed by atoms with Gasteiger partial charge in [-0.05, 0) is 38.3 Å². The van der Waals surface area contributed by atoms with E-state index in [1.807, 2.05) is 11.0 Å². The second kappa shape index (κ2) is 4.45. The quantitative estimate of drug-likeness (QED) is 0.843. The van der Waals surface area contributed by atoms with Gasteiger partial charge in [0.1, 0.15) is 5.69 Å². The number of pyridine rings is 1. The SMILES string of the molecule is CC1(C)CCCN1C(=O)c1ccc(CN)cn1. The van der Waals surface area contributed by atoms with E-state index in [4.69, 9.17) is 5.73 Å². The molecular formula is C13H19N3O. The maximum Gasteiger partial charge on any atom is 0.272 e. The van der Waals surface area contributed by atoms with E-state index in [2.05, 4.69) is 18.8 Å². The lowest BCUT2D eigenvalue weighted by molar-refractivity contribution is 0.0646. The minimum atomic E-state index is -0.0503. The van der Waals surface area contributed by atoms with Gasteiger partial charge in [0.2, 0.25) is 0 Å². The standard InChI is InChI=1S/C13H19N3O/c1-13(2)6-3-7-16(13)12(17)11-5-4-10(8-14)9-15-11/h4-5,9H,3,6-8,14H2,1-2H3. The summed E-state index contributed by atoms with van der Waals surface area (Å²) in [5.74, 6) is 0.0241. The van der Waals surface area contributed by atoms with Crippen LogP contribution in [0.2, 0.25) is 0 Å². The van der Waals surface area contributed by atoms with Crippen LogP contribution in [-0.4, -0.2) is 27.9 Å². The molecule has 0 spiro atoms. The maximum atomic E-state index is 12.3. The molecule has 0 bridgehead atoms. The number of carbonyl (C=O) groups excluding carboxylic acids is 1. The Bertz CT molecular complexity index is 411. The summed E-state index contributed by atoms with van der Waals surface area (Å²) < 4.78 is 0. The van der Waals surface area contributed by atoms with Gasteiger partial charge < -0.3 is 10.6 Å². The van der Waals surface area contributed by atoms with Crippen molar-refractivity contribution in [3.63, 3.8) is 0 Å². The van der Waals surface area contributed by atoms with Gasteiger partial charge in [0, 0.05) is 24.8 Å². The summed E-state index contributed by atoms with van der Waals surface area (Å²) in [5, 5.41) is 0. The minimum absolute atomic E-state index is 0.0241. The molecule has 4 nitrogen and oxygen atoms in total. The Balaban J connectivity index is 2.19. The van der Waals surface area contributed by atoms with Gasteiger partial charge in [-0.2, -0.15) is 0 Å². The molecule has 0 atom stereocenters. The molecule has 0 unspecified atom stereocenters. The number of nitrogens with two attached hydrogens (primary N) is 1. The monoisotopic (exact) mass is 233 g/mol. The average Bonchev–Trinajstić information content (AvgIpc) is 2.68. The van der Waals surface area contributed by atoms with Crippen LogP contribution in [0.25, 0.3) is 0 Å². The zero-order chi connectivity index (χ0) is 12.5.